The number of piperazine rings is 1. The summed E-state index contributed by atoms with van der Waals surface area (Å²) in [5, 5.41) is 13.1. The standard InChI is InChI=1S/C22H35N3O4S/c1-22(2,3)29-21(28)23-18(16-30-4)20(27)25-14-12-24(13-15-25)11-10-19(26)17-8-6-5-7-9-17/h5-9,18-19,26H,10-16H2,1-4H3,(H,23,28)/t18-,19?/m0/s1. The first-order valence-electron chi connectivity index (χ1n) is 10.4. The van der Waals surface area contributed by atoms with E-state index in [9.17, 15) is 14.7 Å². The Kier molecular flexibility index (Phi) is 9.45. The topological polar surface area (TPSA) is 82.1 Å². The number of alkyl carbamates (subject to hydrolysis) is 1. The second-order valence-corrected chi connectivity index (χ2v) is 9.45. The highest BCUT2D eigenvalue weighted by Gasteiger charge is 2.30. The van der Waals surface area contributed by atoms with Crippen molar-refractivity contribution in [2.24, 2.45) is 0 Å². The summed E-state index contributed by atoms with van der Waals surface area (Å²) in [4.78, 5) is 29.1. The van der Waals surface area contributed by atoms with Gasteiger partial charge in [-0.05, 0) is 39.0 Å². The van der Waals surface area contributed by atoms with Crippen LogP contribution in [-0.4, -0.2) is 83.3 Å². The maximum Gasteiger partial charge on any atom is 0.408 e. The number of nitrogens with zero attached hydrogens (tertiary/aromatic N) is 2. The molecule has 1 aromatic carbocycles. The molecule has 1 heterocycles. The van der Waals surface area contributed by atoms with Crippen LogP contribution in [0.1, 0.15) is 38.9 Å². The van der Waals surface area contributed by atoms with Gasteiger partial charge in [0.25, 0.3) is 0 Å². The third-order valence-electron chi connectivity index (χ3n) is 4.91. The Labute approximate surface area is 184 Å². The van der Waals surface area contributed by atoms with Gasteiger partial charge in [-0.15, -0.1) is 0 Å². The van der Waals surface area contributed by atoms with E-state index < -0.39 is 23.8 Å². The lowest BCUT2D eigenvalue weighted by Crippen LogP contribution is -2.56. The summed E-state index contributed by atoms with van der Waals surface area (Å²) in [7, 11) is 0. The predicted octanol–water partition coefficient (Wildman–Crippen LogP) is 2.51. The fourth-order valence-corrected chi connectivity index (χ4v) is 3.91. The van der Waals surface area contributed by atoms with Crippen LogP contribution in [0, 0.1) is 0 Å². The molecule has 168 valence electrons. The highest BCUT2D eigenvalue weighted by molar-refractivity contribution is 7.98. The zero-order valence-corrected chi connectivity index (χ0v) is 19.3. The number of benzene rings is 1. The number of carbonyl (C=O) groups is 2. The van der Waals surface area contributed by atoms with Gasteiger partial charge >= 0.3 is 6.09 Å². The molecule has 1 aliphatic rings. The summed E-state index contributed by atoms with van der Waals surface area (Å²) in [6.07, 6.45) is 1.53. The third-order valence-corrected chi connectivity index (χ3v) is 5.58. The fourth-order valence-electron chi connectivity index (χ4n) is 3.35. The van der Waals surface area contributed by atoms with Crippen LogP contribution in [0.5, 0.6) is 0 Å². The van der Waals surface area contributed by atoms with E-state index >= 15 is 0 Å². The average Bonchev–Trinajstić information content (AvgIpc) is 2.71. The summed E-state index contributed by atoms with van der Waals surface area (Å²) in [6.45, 7) is 8.91. The van der Waals surface area contributed by atoms with Crippen molar-refractivity contribution < 1.29 is 19.4 Å². The van der Waals surface area contributed by atoms with Crippen LogP contribution in [0.25, 0.3) is 0 Å². The van der Waals surface area contributed by atoms with E-state index in [0.717, 1.165) is 25.2 Å². The van der Waals surface area contributed by atoms with Crippen molar-refractivity contribution in [2.45, 2.75) is 44.9 Å². The van der Waals surface area contributed by atoms with Crippen LogP contribution in [0.3, 0.4) is 0 Å². The smallest absolute Gasteiger partial charge is 0.408 e. The number of hydrogen-bond donors (Lipinski definition) is 2. The van der Waals surface area contributed by atoms with Crippen molar-refractivity contribution in [3.8, 4) is 0 Å². The first-order valence-corrected chi connectivity index (χ1v) is 11.8. The van der Waals surface area contributed by atoms with Gasteiger partial charge in [-0.2, -0.15) is 11.8 Å². The molecular formula is C22H35N3O4S. The van der Waals surface area contributed by atoms with Crippen LogP contribution >= 0.6 is 11.8 Å². The van der Waals surface area contributed by atoms with E-state index in [0.29, 0.717) is 25.3 Å². The number of nitrogens with one attached hydrogen (secondary N) is 1. The highest BCUT2D eigenvalue weighted by Crippen LogP contribution is 2.17. The molecule has 0 bridgehead atoms. The molecule has 30 heavy (non-hydrogen) atoms. The summed E-state index contributed by atoms with van der Waals surface area (Å²) in [6, 6.07) is 9.07. The maximum atomic E-state index is 12.9. The zero-order chi connectivity index (χ0) is 22.1. The lowest BCUT2D eigenvalue weighted by atomic mass is 10.1. The van der Waals surface area contributed by atoms with Crippen molar-refractivity contribution >= 4 is 23.8 Å². The van der Waals surface area contributed by atoms with Crippen molar-refractivity contribution in [1.29, 1.82) is 0 Å². The molecule has 0 aromatic heterocycles. The third kappa shape index (κ3) is 8.16. The molecule has 1 aliphatic heterocycles. The molecule has 2 N–H and O–H groups in total. The molecule has 0 saturated carbocycles. The fraction of sp³-hybridized carbons (Fsp3) is 0.636. The van der Waals surface area contributed by atoms with Crippen molar-refractivity contribution in [3.63, 3.8) is 0 Å². The van der Waals surface area contributed by atoms with E-state index in [1.807, 2.05) is 41.5 Å². The molecule has 2 atom stereocenters. The number of hydrogen-bond acceptors (Lipinski definition) is 6. The normalized spacial score (nSPS) is 17.3. The summed E-state index contributed by atoms with van der Waals surface area (Å²) in [5.74, 6) is 0.431. The number of amides is 2. The average molecular weight is 438 g/mol. The summed E-state index contributed by atoms with van der Waals surface area (Å²) < 4.78 is 5.30. The molecule has 7 nitrogen and oxygen atoms in total. The molecule has 2 rings (SSSR count). The van der Waals surface area contributed by atoms with Gasteiger partial charge in [-0.3, -0.25) is 9.69 Å². The second kappa shape index (κ2) is 11.6. The van der Waals surface area contributed by atoms with Crippen molar-refractivity contribution in [3.05, 3.63) is 35.9 Å². The summed E-state index contributed by atoms with van der Waals surface area (Å²) >= 11 is 1.52. The molecule has 2 amide bonds. The van der Waals surface area contributed by atoms with Crippen molar-refractivity contribution in [1.82, 2.24) is 15.1 Å². The largest absolute Gasteiger partial charge is 0.444 e. The number of carbonyl (C=O) groups excluding carboxylic acids is 2. The van der Waals surface area contributed by atoms with Gasteiger partial charge in [-0.25, -0.2) is 4.79 Å². The van der Waals surface area contributed by atoms with E-state index in [4.69, 9.17) is 4.74 Å². The van der Waals surface area contributed by atoms with Gasteiger partial charge in [0.2, 0.25) is 5.91 Å². The van der Waals surface area contributed by atoms with Crippen LogP contribution in [-0.2, 0) is 9.53 Å². The van der Waals surface area contributed by atoms with Gasteiger partial charge in [0.1, 0.15) is 11.6 Å². The second-order valence-electron chi connectivity index (χ2n) is 8.54. The van der Waals surface area contributed by atoms with E-state index in [2.05, 4.69) is 10.2 Å². The Hall–Kier alpha value is -1.77. The van der Waals surface area contributed by atoms with Crippen molar-refractivity contribution in [2.75, 3.05) is 44.7 Å². The Morgan fingerprint density at radius 2 is 1.80 bits per heavy atom. The highest BCUT2D eigenvalue weighted by atomic mass is 32.2. The van der Waals surface area contributed by atoms with Crippen LogP contribution in [0.15, 0.2) is 30.3 Å². The Bertz CT molecular complexity index is 673. The van der Waals surface area contributed by atoms with E-state index in [1.54, 1.807) is 20.8 Å². The monoisotopic (exact) mass is 437 g/mol. The molecular weight excluding hydrogens is 402 g/mol. The molecule has 0 aliphatic carbocycles. The van der Waals surface area contributed by atoms with Gasteiger partial charge < -0.3 is 20.1 Å². The SMILES string of the molecule is CSC[C@H](NC(=O)OC(C)(C)C)C(=O)N1CCN(CCC(O)c2ccccc2)CC1. The number of aliphatic hydroxyl groups excluding tert-OH is 1. The van der Waals surface area contributed by atoms with E-state index in [-0.39, 0.29) is 5.91 Å². The van der Waals surface area contributed by atoms with Gasteiger partial charge in [0, 0.05) is 38.5 Å². The molecule has 0 spiro atoms. The molecule has 1 aromatic rings. The molecule has 1 saturated heterocycles. The Morgan fingerprint density at radius 1 is 1.17 bits per heavy atom. The minimum Gasteiger partial charge on any atom is -0.444 e. The van der Waals surface area contributed by atoms with Crippen LogP contribution in [0.4, 0.5) is 4.79 Å². The van der Waals surface area contributed by atoms with Gasteiger partial charge in [0.05, 0.1) is 6.10 Å². The maximum absolute atomic E-state index is 12.9. The first kappa shape index (κ1) is 24.5. The van der Waals surface area contributed by atoms with Crippen LogP contribution < -0.4 is 5.32 Å². The minimum absolute atomic E-state index is 0.0702. The van der Waals surface area contributed by atoms with Crippen LogP contribution in [0.2, 0.25) is 0 Å². The minimum atomic E-state index is -0.604. The Morgan fingerprint density at radius 3 is 2.37 bits per heavy atom. The number of thioether (sulfide) groups is 1. The number of rotatable bonds is 8. The van der Waals surface area contributed by atoms with Gasteiger partial charge in [-0.1, -0.05) is 30.3 Å². The zero-order valence-electron chi connectivity index (χ0n) is 18.5. The Balaban J connectivity index is 1.80. The molecule has 0 radical (unpaired) electrons. The number of aliphatic hydroxyl groups is 1. The quantitative estimate of drug-likeness (QED) is 0.650. The lowest BCUT2D eigenvalue weighted by molar-refractivity contribution is -0.134. The molecule has 1 unspecified atom stereocenters. The summed E-state index contributed by atoms with van der Waals surface area (Å²) in [5.41, 5.74) is 0.326. The molecule has 1 fully saturated rings. The number of ether oxygens (including phenoxy) is 1. The predicted molar refractivity (Wildman–Crippen MR) is 121 cm³/mol. The lowest BCUT2D eigenvalue weighted by Gasteiger charge is -2.36. The first-order chi connectivity index (χ1) is 14.2. The van der Waals surface area contributed by atoms with Gasteiger partial charge in [0.15, 0.2) is 0 Å². The molecule has 8 heteroatoms. The van der Waals surface area contributed by atoms with E-state index in [1.165, 1.54) is 11.8 Å².